The van der Waals surface area contributed by atoms with Crippen molar-refractivity contribution >= 4 is 28.3 Å². The summed E-state index contributed by atoms with van der Waals surface area (Å²) in [5, 5.41) is 3.72. The van der Waals surface area contributed by atoms with Gasteiger partial charge in [-0.25, -0.2) is 9.97 Å². The predicted octanol–water partition coefficient (Wildman–Crippen LogP) is 3.72. The van der Waals surface area contributed by atoms with Crippen molar-refractivity contribution in [2.24, 2.45) is 11.8 Å². The Morgan fingerprint density at radius 3 is 2.75 bits per heavy atom. The largest absolute Gasteiger partial charge is 0.392 e. The first-order valence-corrected chi connectivity index (χ1v) is 8.59. The first kappa shape index (κ1) is 18.1. The number of fused-ring (bicyclic) bond motifs is 1. The molecule has 0 bridgehead atoms. The third-order valence-corrected chi connectivity index (χ3v) is 4.86. The van der Waals surface area contributed by atoms with Crippen molar-refractivity contribution in [2.75, 3.05) is 11.1 Å². The SMILES string of the molecule is Cc1ccncc1-c1cc2cc(NC(=O)[C@@H]3C[C@H]3C(F)(F)F)ncc2c(N)n1. The number of hydrogen-bond donors (Lipinski definition) is 2. The lowest BCUT2D eigenvalue weighted by molar-refractivity contribution is -0.153. The van der Waals surface area contributed by atoms with Crippen molar-refractivity contribution in [1.29, 1.82) is 0 Å². The average molecular weight is 387 g/mol. The van der Waals surface area contributed by atoms with Crippen LogP contribution in [0.4, 0.5) is 24.8 Å². The van der Waals surface area contributed by atoms with Crippen molar-refractivity contribution in [1.82, 2.24) is 15.0 Å². The molecule has 3 aromatic rings. The van der Waals surface area contributed by atoms with E-state index < -0.39 is 23.9 Å². The Bertz CT molecular complexity index is 1080. The highest BCUT2D eigenvalue weighted by Gasteiger charge is 2.58. The number of aryl methyl sites for hydroxylation is 1. The number of nitrogen functional groups attached to an aromatic ring is 1. The Labute approximate surface area is 158 Å². The minimum atomic E-state index is -4.35. The van der Waals surface area contributed by atoms with Gasteiger partial charge < -0.3 is 11.1 Å². The van der Waals surface area contributed by atoms with Crippen LogP contribution in [-0.4, -0.2) is 27.0 Å². The van der Waals surface area contributed by atoms with Gasteiger partial charge >= 0.3 is 6.18 Å². The summed E-state index contributed by atoms with van der Waals surface area (Å²) in [6, 6.07) is 5.20. The molecule has 1 aliphatic rings. The summed E-state index contributed by atoms with van der Waals surface area (Å²) >= 11 is 0. The number of aromatic nitrogens is 3. The van der Waals surface area contributed by atoms with Crippen LogP contribution in [0.2, 0.25) is 0 Å². The molecule has 3 aromatic heterocycles. The number of nitrogens with one attached hydrogen (secondary N) is 1. The van der Waals surface area contributed by atoms with Crippen LogP contribution >= 0.6 is 0 Å². The zero-order valence-electron chi connectivity index (χ0n) is 14.8. The monoisotopic (exact) mass is 387 g/mol. The molecule has 0 unspecified atom stereocenters. The predicted molar refractivity (Wildman–Crippen MR) is 98.2 cm³/mol. The van der Waals surface area contributed by atoms with Crippen molar-refractivity contribution in [3.8, 4) is 11.3 Å². The third kappa shape index (κ3) is 3.35. The Morgan fingerprint density at radius 1 is 1.29 bits per heavy atom. The Hall–Kier alpha value is -3.23. The van der Waals surface area contributed by atoms with Crippen molar-refractivity contribution in [3.63, 3.8) is 0 Å². The Kier molecular flexibility index (Phi) is 4.17. The summed E-state index contributed by atoms with van der Waals surface area (Å²) in [5.41, 5.74) is 8.42. The molecule has 4 rings (SSSR count). The van der Waals surface area contributed by atoms with Gasteiger partial charge in [-0.1, -0.05) is 0 Å². The average Bonchev–Trinajstić information content (AvgIpc) is 3.43. The smallest absolute Gasteiger partial charge is 0.383 e. The van der Waals surface area contributed by atoms with E-state index >= 15 is 0 Å². The van der Waals surface area contributed by atoms with E-state index in [2.05, 4.69) is 20.3 Å². The zero-order valence-corrected chi connectivity index (χ0v) is 14.8. The molecule has 144 valence electrons. The lowest BCUT2D eigenvalue weighted by Gasteiger charge is -2.10. The second-order valence-corrected chi connectivity index (χ2v) is 6.85. The first-order valence-electron chi connectivity index (χ1n) is 8.59. The maximum atomic E-state index is 12.7. The number of nitrogens with zero attached hydrogens (tertiary/aromatic N) is 3. The molecule has 28 heavy (non-hydrogen) atoms. The molecule has 0 spiro atoms. The van der Waals surface area contributed by atoms with Gasteiger partial charge in [0.15, 0.2) is 0 Å². The van der Waals surface area contributed by atoms with Crippen LogP contribution in [0.3, 0.4) is 0 Å². The molecule has 1 amide bonds. The van der Waals surface area contributed by atoms with Crippen LogP contribution in [0, 0.1) is 18.8 Å². The maximum Gasteiger partial charge on any atom is 0.392 e. The van der Waals surface area contributed by atoms with Crippen LogP contribution in [0.1, 0.15) is 12.0 Å². The van der Waals surface area contributed by atoms with E-state index in [0.717, 1.165) is 11.1 Å². The normalized spacial score (nSPS) is 18.9. The number of rotatable bonds is 3. The summed E-state index contributed by atoms with van der Waals surface area (Å²) in [6.45, 7) is 1.92. The number of halogens is 3. The molecule has 6 nitrogen and oxygen atoms in total. The summed E-state index contributed by atoms with van der Waals surface area (Å²) in [5.74, 6) is -2.88. The molecule has 1 saturated carbocycles. The minimum absolute atomic E-state index is 0.171. The summed E-state index contributed by atoms with van der Waals surface area (Å²) < 4.78 is 38.0. The van der Waals surface area contributed by atoms with Gasteiger partial charge in [-0.3, -0.25) is 9.78 Å². The van der Waals surface area contributed by atoms with Gasteiger partial charge in [0.05, 0.1) is 17.5 Å². The summed E-state index contributed by atoms with van der Waals surface area (Å²) in [6.07, 6.45) is 0.255. The van der Waals surface area contributed by atoms with Crippen LogP contribution in [0.5, 0.6) is 0 Å². The molecule has 2 atom stereocenters. The molecule has 3 heterocycles. The van der Waals surface area contributed by atoms with E-state index in [4.69, 9.17) is 5.73 Å². The molecule has 1 fully saturated rings. The van der Waals surface area contributed by atoms with Crippen molar-refractivity contribution in [3.05, 3.63) is 42.4 Å². The lowest BCUT2D eigenvalue weighted by atomic mass is 10.1. The number of nitrogens with two attached hydrogens (primary N) is 1. The van der Waals surface area contributed by atoms with Crippen molar-refractivity contribution < 1.29 is 18.0 Å². The number of carbonyl (C=O) groups is 1. The van der Waals surface area contributed by atoms with E-state index in [0.29, 0.717) is 16.5 Å². The topological polar surface area (TPSA) is 93.8 Å². The number of anilines is 2. The van der Waals surface area contributed by atoms with E-state index in [1.165, 1.54) is 6.20 Å². The van der Waals surface area contributed by atoms with Crippen LogP contribution < -0.4 is 11.1 Å². The fourth-order valence-electron chi connectivity index (χ4n) is 3.18. The quantitative estimate of drug-likeness (QED) is 0.714. The molecule has 3 N–H and O–H groups in total. The number of amides is 1. The first-order chi connectivity index (χ1) is 13.2. The lowest BCUT2D eigenvalue weighted by Crippen LogP contribution is -2.20. The Balaban J connectivity index is 1.63. The fourth-order valence-corrected chi connectivity index (χ4v) is 3.18. The van der Waals surface area contributed by atoms with Crippen molar-refractivity contribution in [2.45, 2.75) is 19.5 Å². The molecule has 0 aromatic carbocycles. The molecule has 0 aliphatic heterocycles. The molecule has 0 radical (unpaired) electrons. The maximum absolute atomic E-state index is 12.7. The number of pyridine rings is 3. The number of hydrogen-bond acceptors (Lipinski definition) is 5. The van der Waals surface area contributed by atoms with Crippen LogP contribution in [0.15, 0.2) is 36.8 Å². The van der Waals surface area contributed by atoms with Gasteiger partial charge in [0.25, 0.3) is 0 Å². The summed E-state index contributed by atoms with van der Waals surface area (Å²) in [7, 11) is 0. The number of alkyl halides is 3. The van der Waals surface area contributed by atoms with Crippen LogP contribution in [0.25, 0.3) is 22.0 Å². The fraction of sp³-hybridized carbons (Fsp3) is 0.263. The third-order valence-electron chi connectivity index (χ3n) is 4.86. The van der Waals surface area contributed by atoms with Gasteiger partial charge in [-0.15, -0.1) is 0 Å². The second kappa shape index (κ2) is 6.43. The second-order valence-electron chi connectivity index (χ2n) is 6.85. The van der Waals surface area contributed by atoms with E-state index in [9.17, 15) is 18.0 Å². The highest BCUT2D eigenvalue weighted by Crippen LogP contribution is 2.50. The highest BCUT2D eigenvalue weighted by atomic mass is 19.4. The van der Waals surface area contributed by atoms with Crippen LogP contribution in [-0.2, 0) is 4.79 Å². The van der Waals surface area contributed by atoms with Gasteiger partial charge in [-0.2, -0.15) is 13.2 Å². The molecular weight excluding hydrogens is 371 g/mol. The molecule has 1 aliphatic carbocycles. The van der Waals surface area contributed by atoms with Gasteiger partial charge in [0.1, 0.15) is 11.6 Å². The highest BCUT2D eigenvalue weighted by molar-refractivity contribution is 5.98. The van der Waals surface area contributed by atoms with E-state index in [1.807, 2.05) is 13.0 Å². The van der Waals surface area contributed by atoms with Gasteiger partial charge in [-0.05, 0) is 42.5 Å². The minimum Gasteiger partial charge on any atom is -0.383 e. The van der Waals surface area contributed by atoms with E-state index in [1.54, 1.807) is 24.5 Å². The molecule has 0 saturated heterocycles. The van der Waals surface area contributed by atoms with E-state index in [-0.39, 0.29) is 18.1 Å². The molecular formula is C19H16F3N5O. The Morgan fingerprint density at radius 2 is 2.07 bits per heavy atom. The van der Waals surface area contributed by atoms with Gasteiger partial charge in [0.2, 0.25) is 5.91 Å². The standard InChI is InChI=1S/C19H16F3N5O/c1-9-2-3-24-7-12(9)15-4-10-5-16(25-8-13(10)17(23)26-15)27-18(28)11-6-14(11)19(20,21)22/h2-5,7-8,11,14H,6H2,1H3,(H2,23,26)(H,25,27,28)/t11-,14-/m1/s1. The number of carbonyl (C=O) groups excluding carboxylic acids is 1. The molecule has 9 heteroatoms. The summed E-state index contributed by atoms with van der Waals surface area (Å²) in [4.78, 5) is 24.6. The zero-order chi connectivity index (χ0) is 20.1. The van der Waals surface area contributed by atoms with Gasteiger partial charge in [0, 0.05) is 29.5 Å².